The van der Waals surface area contributed by atoms with Crippen molar-refractivity contribution in [3.8, 4) is 0 Å². The summed E-state index contributed by atoms with van der Waals surface area (Å²) < 4.78 is 6.68. The van der Waals surface area contributed by atoms with Crippen molar-refractivity contribution in [2.75, 3.05) is 0 Å². The van der Waals surface area contributed by atoms with E-state index in [1.165, 1.54) is 32.6 Å². The largest absolute Gasteiger partial charge is 0.444 e. The Hall–Kier alpha value is -0.340. The zero-order valence-electron chi connectivity index (χ0n) is 13.2. The van der Waals surface area contributed by atoms with Gasteiger partial charge in [0.15, 0.2) is 0 Å². The number of amides is 1. The summed E-state index contributed by atoms with van der Waals surface area (Å²) in [6, 6.07) is 3.34. The van der Waals surface area contributed by atoms with Crippen LogP contribution in [0, 0.1) is 2.88 Å². The van der Waals surface area contributed by atoms with Crippen molar-refractivity contribution in [2.45, 2.75) is 70.2 Å². The second-order valence-corrected chi connectivity index (χ2v) is 10.2. The lowest BCUT2D eigenvalue weighted by atomic mass is 9.94. The maximum atomic E-state index is 11.8. The predicted molar refractivity (Wildman–Crippen MR) is 97.4 cm³/mol. The second kappa shape index (κ2) is 6.28. The van der Waals surface area contributed by atoms with Crippen molar-refractivity contribution in [1.29, 1.82) is 0 Å². The number of carbonyl (C=O) groups excluding carboxylic acids is 1. The molecule has 1 saturated carbocycles. The van der Waals surface area contributed by atoms with Gasteiger partial charge in [0.25, 0.3) is 0 Å². The normalized spacial score (nSPS) is 27.2. The first-order valence-electron chi connectivity index (χ1n) is 7.85. The maximum Gasteiger partial charge on any atom is 0.407 e. The summed E-state index contributed by atoms with van der Waals surface area (Å²) in [5.41, 5.74) is 1.04. The highest BCUT2D eigenvalue weighted by atomic mass is 127. The van der Waals surface area contributed by atoms with Gasteiger partial charge in [-0.2, -0.15) is 0 Å². The summed E-state index contributed by atoms with van der Waals surface area (Å²) >= 11 is 4.33. The molecule has 2 N–H and O–H groups in total. The molecule has 3 unspecified atom stereocenters. The predicted octanol–water partition coefficient (Wildman–Crippen LogP) is 3.99. The Bertz CT molecular complexity index is 567. The van der Waals surface area contributed by atoms with Gasteiger partial charge in [-0.3, -0.25) is 0 Å². The number of hydrogen-bond acceptors (Lipinski definition) is 4. The molecule has 1 amide bonds. The van der Waals surface area contributed by atoms with Crippen LogP contribution >= 0.6 is 33.9 Å². The smallest absolute Gasteiger partial charge is 0.407 e. The lowest BCUT2D eigenvalue weighted by Gasteiger charge is -2.24. The average molecular weight is 434 g/mol. The van der Waals surface area contributed by atoms with E-state index in [4.69, 9.17) is 4.74 Å². The molecule has 1 aromatic heterocycles. The number of carbonyl (C=O) groups is 1. The number of halogens is 1. The van der Waals surface area contributed by atoms with Gasteiger partial charge in [-0.1, -0.05) is 0 Å². The molecule has 0 aliphatic heterocycles. The van der Waals surface area contributed by atoms with Crippen LogP contribution in [0.2, 0.25) is 0 Å². The van der Waals surface area contributed by atoms with Crippen LogP contribution in [0.4, 0.5) is 4.79 Å². The van der Waals surface area contributed by atoms with Crippen molar-refractivity contribution in [1.82, 2.24) is 10.6 Å². The number of alkyl carbamates (subject to hydrolysis) is 1. The van der Waals surface area contributed by atoms with Crippen LogP contribution in [-0.2, 0) is 11.2 Å². The number of nitrogens with one attached hydrogen (secondary N) is 2. The summed E-state index contributed by atoms with van der Waals surface area (Å²) in [5, 5.41) is 6.67. The molecule has 0 radical (unpaired) electrons. The van der Waals surface area contributed by atoms with E-state index >= 15 is 0 Å². The minimum Gasteiger partial charge on any atom is -0.444 e. The number of fused-ring (bicyclic) bond motifs is 1. The molecule has 0 bridgehead atoms. The van der Waals surface area contributed by atoms with Crippen LogP contribution in [-0.4, -0.2) is 23.8 Å². The average Bonchev–Trinajstić information content (AvgIpc) is 2.95. The third-order valence-electron chi connectivity index (χ3n) is 3.99. The maximum absolute atomic E-state index is 11.8. The molecule has 4 nitrogen and oxygen atoms in total. The van der Waals surface area contributed by atoms with E-state index in [1.807, 2.05) is 32.1 Å². The fourth-order valence-electron chi connectivity index (χ4n) is 2.95. The molecule has 0 saturated heterocycles. The molecule has 0 aromatic carbocycles. The molecule has 3 atom stereocenters. The molecular weight excluding hydrogens is 411 g/mol. The van der Waals surface area contributed by atoms with E-state index < -0.39 is 5.60 Å². The highest BCUT2D eigenvalue weighted by Crippen LogP contribution is 2.38. The van der Waals surface area contributed by atoms with E-state index in [-0.39, 0.29) is 12.1 Å². The monoisotopic (exact) mass is 434 g/mol. The zero-order chi connectivity index (χ0) is 15.9. The number of ether oxygens (including phenoxy) is 1. The molecule has 2 aliphatic rings. The molecule has 1 fully saturated rings. The third kappa shape index (κ3) is 4.14. The van der Waals surface area contributed by atoms with Crippen molar-refractivity contribution in [2.24, 2.45) is 0 Å². The van der Waals surface area contributed by atoms with Gasteiger partial charge >= 0.3 is 6.09 Å². The van der Waals surface area contributed by atoms with Crippen LogP contribution in [0.1, 0.15) is 56.5 Å². The van der Waals surface area contributed by atoms with E-state index in [0.717, 1.165) is 6.42 Å². The molecule has 122 valence electrons. The SMILES string of the molecule is CC(C)(C)OC(=O)NC1CC1NC1CCCc2sc(I)cc21. The Morgan fingerprint density at radius 3 is 2.91 bits per heavy atom. The fraction of sp³-hybridized carbons (Fsp3) is 0.688. The summed E-state index contributed by atoms with van der Waals surface area (Å²) in [6.45, 7) is 5.66. The van der Waals surface area contributed by atoms with E-state index in [9.17, 15) is 4.79 Å². The minimum atomic E-state index is -0.437. The molecule has 0 spiro atoms. The summed E-state index contributed by atoms with van der Waals surface area (Å²) in [4.78, 5) is 13.3. The van der Waals surface area contributed by atoms with Crippen LogP contribution in [0.15, 0.2) is 6.07 Å². The molecule has 22 heavy (non-hydrogen) atoms. The van der Waals surface area contributed by atoms with Crippen molar-refractivity contribution in [3.05, 3.63) is 19.4 Å². The Labute approximate surface area is 149 Å². The third-order valence-corrected chi connectivity index (χ3v) is 5.96. The first kappa shape index (κ1) is 16.5. The van der Waals surface area contributed by atoms with Crippen LogP contribution < -0.4 is 10.6 Å². The summed E-state index contributed by atoms with van der Waals surface area (Å²) in [7, 11) is 0. The summed E-state index contributed by atoms with van der Waals surface area (Å²) in [6.07, 6.45) is 4.34. The number of thiophene rings is 1. The summed E-state index contributed by atoms with van der Waals surface area (Å²) in [5.74, 6) is 0. The molecule has 1 aromatic rings. The standard InChI is InChI=1S/C16H23IN2O2S/c1-16(2,3)21-15(20)19-12-8-11(12)18-10-5-4-6-13-9(10)7-14(17)22-13/h7,10-12,18H,4-6,8H2,1-3H3,(H,19,20). The van der Waals surface area contributed by atoms with Gasteiger partial charge in [0, 0.05) is 23.0 Å². The number of aryl methyl sites for hydroxylation is 1. The van der Waals surface area contributed by atoms with Crippen LogP contribution in [0.5, 0.6) is 0 Å². The highest BCUT2D eigenvalue weighted by Gasteiger charge is 2.41. The molecule has 6 heteroatoms. The van der Waals surface area contributed by atoms with Crippen LogP contribution in [0.25, 0.3) is 0 Å². The highest BCUT2D eigenvalue weighted by molar-refractivity contribution is 14.1. The molecule has 3 rings (SSSR count). The van der Waals surface area contributed by atoms with E-state index in [1.54, 1.807) is 0 Å². The minimum absolute atomic E-state index is 0.206. The fourth-order valence-corrected chi connectivity index (χ4v) is 5.07. The van der Waals surface area contributed by atoms with Gasteiger partial charge in [0.1, 0.15) is 5.60 Å². The van der Waals surface area contributed by atoms with E-state index in [0.29, 0.717) is 12.1 Å². The van der Waals surface area contributed by atoms with Crippen molar-refractivity contribution in [3.63, 3.8) is 0 Å². The second-order valence-electron chi connectivity index (χ2n) is 7.14. The van der Waals surface area contributed by atoms with Gasteiger partial charge in [-0.25, -0.2) is 4.79 Å². The van der Waals surface area contributed by atoms with Gasteiger partial charge in [-0.05, 0) is 80.7 Å². The number of hydrogen-bond donors (Lipinski definition) is 2. The molecule has 2 aliphatic carbocycles. The quantitative estimate of drug-likeness (QED) is 0.708. The topological polar surface area (TPSA) is 50.4 Å². The van der Waals surface area contributed by atoms with Gasteiger partial charge in [0.2, 0.25) is 0 Å². The zero-order valence-corrected chi connectivity index (χ0v) is 16.2. The lowest BCUT2D eigenvalue weighted by Crippen LogP contribution is -2.37. The van der Waals surface area contributed by atoms with Crippen molar-refractivity contribution < 1.29 is 9.53 Å². The van der Waals surface area contributed by atoms with Crippen molar-refractivity contribution >= 4 is 40.0 Å². The van der Waals surface area contributed by atoms with Crippen LogP contribution in [0.3, 0.4) is 0 Å². The van der Waals surface area contributed by atoms with Gasteiger partial charge in [0.05, 0.1) is 2.88 Å². The Morgan fingerprint density at radius 1 is 1.41 bits per heavy atom. The first-order chi connectivity index (χ1) is 10.3. The molecule has 1 heterocycles. The van der Waals surface area contributed by atoms with Gasteiger partial charge in [-0.15, -0.1) is 11.3 Å². The Kier molecular flexibility index (Phi) is 4.71. The molecular formula is C16H23IN2O2S. The van der Waals surface area contributed by atoms with E-state index in [2.05, 4.69) is 39.3 Å². The lowest BCUT2D eigenvalue weighted by molar-refractivity contribution is 0.0521. The number of rotatable bonds is 3. The Balaban J connectivity index is 1.51. The first-order valence-corrected chi connectivity index (χ1v) is 9.75. The van der Waals surface area contributed by atoms with Gasteiger partial charge < -0.3 is 15.4 Å². The Morgan fingerprint density at radius 2 is 2.18 bits per heavy atom.